The molecule has 1 aliphatic carbocycles. The highest BCUT2D eigenvalue weighted by Crippen LogP contribution is 2.35. The Hall–Kier alpha value is -2.78. The molecule has 1 saturated carbocycles. The Morgan fingerprint density at radius 3 is 2.38 bits per heavy atom. The first kappa shape index (κ1) is 20.9. The van der Waals surface area contributed by atoms with E-state index in [1.807, 2.05) is 5.32 Å². The predicted molar refractivity (Wildman–Crippen MR) is 95.6 cm³/mol. The smallest absolute Gasteiger partial charge is 0.440 e. The number of imide groups is 1. The highest BCUT2D eigenvalue weighted by atomic mass is 19.4. The normalized spacial score (nSPS) is 23.1. The van der Waals surface area contributed by atoms with Crippen LogP contribution in [0.2, 0.25) is 0 Å². The predicted octanol–water partition coefficient (Wildman–Crippen LogP) is 2.70. The highest BCUT2D eigenvalue weighted by Gasteiger charge is 2.68. The van der Waals surface area contributed by atoms with Gasteiger partial charge in [0.25, 0.3) is 11.6 Å². The molecule has 0 bridgehead atoms. The summed E-state index contributed by atoms with van der Waals surface area (Å²) in [5.41, 5.74) is -3.02. The van der Waals surface area contributed by atoms with Gasteiger partial charge in [-0.3, -0.25) is 19.8 Å². The molecule has 1 aliphatic heterocycles. The van der Waals surface area contributed by atoms with Crippen molar-refractivity contribution in [3.8, 4) is 5.75 Å². The van der Waals surface area contributed by atoms with Gasteiger partial charge in [-0.2, -0.15) is 13.2 Å². The minimum Gasteiger partial charge on any atom is -0.497 e. The second-order valence-electron chi connectivity index (χ2n) is 7.24. The van der Waals surface area contributed by atoms with Crippen LogP contribution in [0.15, 0.2) is 24.3 Å². The lowest BCUT2D eigenvalue weighted by Crippen LogP contribution is -2.70. The van der Waals surface area contributed by atoms with Gasteiger partial charge in [0, 0.05) is 5.92 Å². The molecule has 1 saturated heterocycles. The van der Waals surface area contributed by atoms with E-state index in [4.69, 9.17) is 4.74 Å². The summed E-state index contributed by atoms with van der Waals surface area (Å²) in [6, 6.07) is 4.99. The summed E-state index contributed by atoms with van der Waals surface area (Å²) in [5, 5.41) is 3.48. The Morgan fingerprint density at radius 1 is 1.21 bits per heavy atom. The number of methoxy groups -OCH3 is 1. The number of hydrogen-bond acceptors (Lipinski definition) is 4. The molecule has 1 aromatic rings. The SMILES string of the molecule is COc1ccc(CN2C(=O)N[C@@](NC(=O)C3CCCCC3)(C(F)(F)F)C2=O)cc1. The number of urea groups is 1. The molecule has 4 amide bonds. The van der Waals surface area contributed by atoms with E-state index in [0.29, 0.717) is 29.1 Å². The maximum atomic E-state index is 13.9. The van der Waals surface area contributed by atoms with E-state index in [2.05, 4.69) is 0 Å². The van der Waals surface area contributed by atoms with Crippen LogP contribution >= 0.6 is 0 Å². The number of benzene rings is 1. The van der Waals surface area contributed by atoms with Crippen LogP contribution in [-0.2, 0) is 16.1 Å². The number of hydrogen-bond donors (Lipinski definition) is 2. The van der Waals surface area contributed by atoms with Crippen LogP contribution in [0.3, 0.4) is 0 Å². The quantitative estimate of drug-likeness (QED) is 0.727. The summed E-state index contributed by atoms with van der Waals surface area (Å²) in [7, 11) is 1.46. The number of ether oxygens (including phenoxy) is 1. The fourth-order valence-corrected chi connectivity index (χ4v) is 3.63. The van der Waals surface area contributed by atoms with E-state index < -0.39 is 35.6 Å². The van der Waals surface area contributed by atoms with Gasteiger partial charge in [0.1, 0.15) is 5.75 Å². The minimum absolute atomic E-state index is 0.369. The number of nitrogens with zero attached hydrogens (tertiary/aromatic N) is 1. The lowest BCUT2D eigenvalue weighted by Gasteiger charge is -2.32. The van der Waals surface area contributed by atoms with Crippen molar-refractivity contribution in [2.24, 2.45) is 5.92 Å². The Balaban J connectivity index is 1.82. The molecule has 29 heavy (non-hydrogen) atoms. The van der Waals surface area contributed by atoms with Crippen molar-refractivity contribution >= 4 is 17.8 Å². The third-order valence-electron chi connectivity index (χ3n) is 5.32. The highest BCUT2D eigenvalue weighted by molar-refractivity contribution is 6.09. The van der Waals surface area contributed by atoms with Crippen molar-refractivity contribution in [1.82, 2.24) is 15.5 Å². The number of carbonyl (C=O) groups is 3. The van der Waals surface area contributed by atoms with Crippen molar-refractivity contribution in [3.05, 3.63) is 29.8 Å². The number of carbonyl (C=O) groups excluding carboxylic acids is 3. The second kappa shape index (κ2) is 7.92. The first-order valence-corrected chi connectivity index (χ1v) is 9.34. The molecule has 1 aromatic carbocycles. The topological polar surface area (TPSA) is 87.7 Å². The average molecular weight is 413 g/mol. The Labute approximate surface area is 165 Å². The van der Waals surface area contributed by atoms with Gasteiger partial charge in [0.2, 0.25) is 5.91 Å². The van der Waals surface area contributed by atoms with E-state index >= 15 is 0 Å². The molecule has 10 heteroatoms. The van der Waals surface area contributed by atoms with Gasteiger partial charge >= 0.3 is 12.2 Å². The summed E-state index contributed by atoms with van der Waals surface area (Å²) < 4.78 is 46.7. The van der Waals surface area contributed by atoms with Gasteiger partial charge in [-0.25, -0.2) is 4.79 Å². The molecule has 3 rings (SSSR count). The van der Waals surface area contributed by atoms with E-state index in [1.165, 1.54) is 19.2 Å². The lowest BCUT2D eigenvalue weighted by atomic mass is 9.88. The fourth-order valence-electron chi connectivity index (χ4n) is 3.63. The summed E-state index contributed by atoms with van der Waals surface area (Å²) in [6.07, 6.45) is -1.89. The zero-order valence-electron chi connectivity index (χ0n) is 15.8. The Kier molecular flexibility index (Phi) is 5.72. The molecule has 0 radical (unpaired) electrons. The molecule has 1 heterocycles. The van der Waals surface area contributed by atoms with Gasteiger partial charge in [-0.15, -0.1) is 0 Å². The number of alkyl halides is 3. The van der Waals surface area contributed by atoms with Gasteiger partial charge in [-0.05, 0) is 30.5 Å². The molecule has 0 unspecified atom stereocenters. The summed E-state index contributed by atoms with van der Waals surface area (Å²) in [4.78, 5) is 37.9. The molecule has 2 aliphatic rings. The van der Waals surface area contributed by atoms with Gasteiger partial charge in [0.05, 0.1) is 13.7 Å². The van der Waals surface area contributed by atoms with Crippen LogP contribution in [0, 0.1) is 5.92 Å². The summed E-state index contributed by atoms with van der Waals surface area (Å²) in [6.45, 7) is -0.369. The Bertz CT molecular complexity index is 791. The molecule has 1 atom stereocenters. The van der Waals surface area contributed by atoms with E-state index in [0.717, 1.165) is 19.3 Å². The molecular formula is C19H22F3N3O4. The zero-order chi connectivity index (χ0) is 21.2. The maximum Gasteiger partial charge on any atom is 0.440 e. The van der Waals surface area contributed by atoms with Crippen LogP contribution < -0.4 is 15.4 Å². The molecule has 0 spiro atoms. The van der Waals surface area contributed by atoms with Crippen LogP contribution in [0.25, 0.3) is 0 Å². The first-order valence-electron chi connectivity index (χ1n) is 9.34. The standard InChI is InChI=1S/C19H22F3N3O4/c1-29-14-9-7-12(8-10-14)11-25-16(27)18(19(20,21)22,24-17(25)28)23-15(26)13-5-3-2-4-6-13/h7-10,13H,2-6,11H2,1H3,(H,23,26)(H,24,28)/t18-/m1/s1. The van der Waals surface area contributed by atoms with Crippen LogP contribution in [0.4, 0.5) is 18.0 Å². The second-order valence-corrected chi connectivity index (χ2v) is 7.24. The van der Waals surface area contributed by atoms with Crippen molar-refractivity contribution in [2.45, 2.75) is 50.5 Å². The summed E-state index contributed by atoms with van der Waals surface area (Å²) >= 11 is 0. The van der Waals surface area contributed by atoms with Crippen molar-refractivity contribution < 1.29 is 32.3 Å². The van der Waals surface area contributed by atoms with Crippen molar-refractivity contribution in [3.63, 3.8) is 0 Å². The molecule has 0 aromatic heterocycles. The number of rotatable bonds is 5. The first-order chi connectivity index (χ1) is 13.7. The third-order valence-corrected chi connectivity index (χ3v) is 5.32. The minimum atomic E-state index is -5.20. The maximum absolute atomic E-state index is 13.9. The Morgan fingerprint density at radius 2 is 1.83 bits per heavy atom. The summed E-state index contributed by atoms with van der Waals surface area (Å²) in [5.74, 6) is -2.50. The van der Waals surface area contributed by atoms with Crippen LogP contribution in [-0.4, -0.2) is 41.7 Å². The van der Waals surface area contributed by atoms with Crippen molar-refractivity contribution in [2.75, 3.05) is 7.11 Å². The van der Waals surface area contributed by atoms with Crippen molar-refractivity contribution in [1.29, 1.82) is 0 Å². The van der Waals surface area contributed by atoms with E-state index in [-0.39, 0.29) is 6.54 Å². The number of nitrogens with one attached hydrogen (secondary N) is 2. The average Bonchev–Trinajstić information content (AvgIpc) is 2.94. The number of amides is 4. The molecule has 2 N–H and O–H groups in total. The van der Waals surface area contributed by atoms with E-state index in [9.17, 15) is 27.6 Å². The van der Waals surface area contributed by atoms with E-state index in [1.54, 1.807) is 17.4 Å². The number of halogens is 3. The van der Waals surface area contributed by atoms with Gasteiger partial charge in [0.15, 0.2) is 0 Å². The molecule has 158 valence electrons. The monoisotopic (exact) mass is 413 g/mol. The lowest BCUT2D eigenvalue weighted by molar-refractivity contribution is -0.205. The zero-order valence-corrected chi connectivity index (χ0v) is 15.8. The molecule has 7 nitrogen and oxygen atoms in total. The van der Waals surface area contributed by atoms with Crippen LogP contribution in [0.5, 0.6) is 5.75 Å². The largest absolute Gasteiger partial charge is 0.497 e. The third kappa shape index (κ3) is 4.01. The van der Waals surface area contributed by atoms with Gasteiger partial charge in [-0.1, -0.05) is 31.4 Å². The fraction of sp³-hybridized carbons (Fsp3) is 0.526. The molecule has 2 fully saturated rings. The molecular weight excluding hydrogens is 391 g/mol. The van der Waals surface area contributed by atoms with Crippen LogP contribution in [0.1, 0.15) is 37.7 Å². The van der Waals surface area contributed by atoms with Gasteiger partial charge < -0.3 is 10.1 Å².